The van der Waals surface area contributed by atoms with Gasteiger partial charge in [0.2, 0.25) is 10.0 Å². The first kappa shape index (κ1) is 22.6. The second-order valence-electron chi connectivity index (χ2n) is 7.73. The zero-order valence-corrected chi connectivity index (χ0v) is 18.0. The topological polar surface area (TPSA) is 84.5 Å². The Morgan fingerprint density at radius 2 is 1.66 bits per heavy atom. The molecule has 0 aromatic heterocycles. The fraction of sp³-hybridized carbons (Fsp3) is 0.318. The average Bonchev–Trinajstić information content (AvgIpc) is 2.64. The van der Waals surface area contributed by atoms with Crippen LogP contribution in [-0.2, 0) is 14.8 Å². The highest BCUT2D eigenvalue weighted by Crippen LogP contribution is 2.21. The number of rotatable bonds is 7. The van der Waals surface area contributed by atoms with Gasteiger partial charge in [-0.1, -0.05) is 54.1 Å². The Hall–Kier alpha value is -2.64. The standard InChI is InChI=1S/C22H28N2O4S/c1-6-19(24-29(26,27)18-14-12-16(2)13-15-18)20(17-10-8-7-9-11-17)23-21(25)28-22(3,4)5/h6-15,19-20,24H,1H2,2-5H3,(H,23,25)/t19-,20-/m0/s1. The Morgan fingerprint density at radius 1 is 1.07 bits per heavy atom. The van der Waals surface area contributed by atoms with Crippen LogP contribution in [0.25, 0.3) is 0 Å². The maximum absolute atomic E-state index is 12.9. The van der Waals surface area contributed by atoms with Crippen LogP contribution in [0.3, 0.4) is 0 Å². The SMILES string of the molecule is C=C[C@H](NS(=O)(=O)c1ccc(C)cc1)[C@@H](NC(=O)OC(C)(C)C)c1ccccc1. The van der Waals surface area contributed by atoms with Crippen LogP contribution in [0.1, 0.15) is 37.9 Å². The summed E-state index contributed by atoms with van der Waals surface area (Å²) in [4.78, 5) is 12.5. The number of alkyl carbamates (subject to hydrolysis) is 1. The Bertz CT molecular complexity index is 933. The third-order valence-electron chi connectivity index (χ3n) is 4.07. The van der Waals surface area contributed by atoms with Crippen molar-refractivity contribution in [2.45, 2.75) is 50.3 Å². The lowest BCUT2D eigenvalue weighted by Crippen LogP contribution is -2.46. The minimum Gasteiger partial charge on any atom is -0.444 e. The van der Waals surface area contributed by atoms with Crippen molar-refractivity contribution in [2.24, 2.45) is 0 Å². The van der Waals surface area contributed by atoms with Gasteiger partial charge in [-0.05, 0) is 45.4 Å². The second-order valence-corrected chi connectivity index (χ2v) is 9.44. The van der Waals surface area contributed by atoms with Crippen LogP contribution in [0.4, 0.5) is 4.79 Å². The summed E-state index contributed by atoms with van der Waals surface area (Å²) < 4.78 is 33.7. The van der Waals surface area contributed by atoms with E-state index < -0.39 is 33.8 Å². The van der Waals surface area contributed by atoms with E-state index in [1.165, 1.54) is 18.2 Å². The van der Waals surface area contributed by atoms with Crippen LogP contribution in [0, 0.1) is 6.92 Å². The van der Waals surface area contributed by atoms with Crippen molar-refractivity contribution >= 4 is 16.1 Å². The molecule has 0 heterocycles. The summed E-state index contributed by atoms with van der Waals surface area (Å²) in [5.74, 6) is 0. The minimum absolute atomic E-state index is 0.138. The number of amides is 1. The van der Waals surface area contributed by atoms with Crippen LogP contribution in [0.15, 0.2) is 72.1 Å². The molecule has 0 aliphatic carbocycles. The van der Waals surface area contributed by atoms with Crippen LogP contribution < -0.4 is 10.0 Å². The van der Waals surface area contributed by atoms with E-state index in [9.17, 15) is 13.2 Å². The Morgan fingerprint density at radius 3 is 2.17 bits per heavy atom. The first-order valence-electron chi connectivity index (χ1n) is 9.28. The van der Waals surface area contributed by atoms with Crippen LogP contribution in [0.2, 0.25) is 0 Å². The van der Waals surface area contributed by atoms with Gasteiger partial charge in [-0.3, -0.25) is 0 Å². The molecule has 2 aromatic carbocycles. The fourth-order valence-electron chi connectivity index (χ4n) is 2.69. The molecule has 0 unspecified atom stereocenters. The molecule has 0 fully saturated rings. The largest absolute Gasteiger partial charge is 0.444 e. The van der Waals surface area contributed by atoms with Gasteiger partial charge < -0.3 is 10.1 Å². The first-order valence-corrected chi connectivity index (χ1v) is 10.8. The minimum atomic E-state index is -3.83. The lowest BCUT2D eigenvalue weighted by Gasteiger charge is -2.28. The molecule has 0 radical (unpaired) electrons. The van der Waals surface area contributed by atoms with Gasteiger partial charge in [0.1, 0.15) is 5.60 Å². The maximum Gasteiger partial charge on any atom is 0.408 e. The van der Waals surface area contributed by atoms with Gasteiger partial charge in [0, 0.05) is 0 Å². The first-order chi connectivity index (χ1) is 13.5. The molecule has 0 spiro atoms. The molecule has 0 saturated heterocycles. The number of hydrogen-bond donors (Lipinski definition) is 2. The molecule has 0 saturated carbocycles. The van der Waals surface area contributed by atoms with Gasteiger partial charge in [0.25, 0.3) is 0 Å². The van der Waals surface area contributed by atoms with Gasteiger partial charge in [0.05, 0.1) is 17.0 Å². The van der Waals surface area contributed by atoms with Crippen molar-refractivity contribution in [3.63, 3.8) is 0 Å². The number of ether oxygens (including phenoxy) is 1. The van der Waals surface area contributed by atoms with E-state index in [4.69, 9.17) is 4.74 Å². The van der Waals surface area contributed by atoms with Crippen molar-refractivity contribution < 1.29 is 17.9 Å². The van der Waals surface area contributed by atoms with Crippen molar-refractivity contribution in [2.75, 3.05) is 0 Å². The molecule has 2 rings (SSSR count). The van der Waals surface area contributed by atoms with E-state index in [0.29, 0.717) is 0 Å². The van der Waals surface area contributed by atoms with Gasteiger partial charge in [-0.25, -0.2) is 17.9 Å². The summed E-state index contributed by atoms with van der Waals surface area (Å²) in [6.45, 7) is 10.9. The molecule has 1 amide bonds. The average molecular weight is 417 g/mol. The number of benzene rings is 2. The smallest absolute Gasteiger partial charge is 0.408 e. The Balaban J connectivity index is 2.32. The van der Waals surface area contributed by atoms with Crippen molar-refractivity contribution in [3.8, 4) is 0 Å². The summed E-state index contributed by atoms with van der Waals surface area (Å²) in [7, 11) is -3.83. The molecule has 0 aliphatic heterocycles. The third kappa shape index (κ3) is 6.73. The van der Waals surface area contributed by atoms with Crippen molar-refractivity contribution in [1.82, 2.24) is 10.0 Å². The summed E-state index contributed by atoms with van der Waals surface area (Å²) in [6.07, 6.45) is 0.813. The van der Waals surface area contributed by atoms with Gasteiger partial charge in [0.15, 0.2) is 0 Å². The number of sulfonamides is 1. The molecule has 2 N–H and O–H groups in total. The summed E-state index contributed by atoms with van der Waals surface area (Å²) in [6, 6.07) is 14.1. The summed E-state index contributed by atoms with van der Waals surface area (Å²) in [5.41, 5.74) is 0.990. The van der Waals surface area contributed by atoms with E-state index in [1.807, 2.05) is 25.1 Å². The number of carbonyl (C=O) groups excluding carboxylic acids is 1. The molecule has 2 aromatic rings. The normalized spacial score (nSPS) is 13.9. The Kier molecular flexibility index (Phi) is 7.21. The van der Waals surface area contributed by atoms with E-state index in [1.54, 1.807) is 45.0 Å². The quantitative estimate of drug-likeness (QED) is 0.666. The molecular weight excluding hydrogens is 388 g/mol. The number of nitrogens with one attached hydrogen (secondary N) is 2. The van der Waals surface area contributed by atoms with E-state index in [0.717, 1.165) is 11.1 Å². The fourth-order valence-corrected chi connectivity index (χ4v) is 3.91. The number of hydrogen-bond acceptors (Lipinski definition) is 4. The molecule has 2 atom stereocenters. The monoisotopic (exact) mass is 416 g/mol. The van der Waals surface area contributed by atoms with Crippen molar-refractivity contribution in [1.29, 1.82) is 0 Å². The van der Waals surface area contributed by atoms with Gasteiger partial charge >= 0.3 is 6.09 Å². The molecule has 156 valence electrons. The predicted molar refractivity (Wildman–Crippen MR) is 114 cm³/mol. The van der Waals surface area contributed by atoms with Gasteiger partial charge in [-0.2, -0.15) is 0 Å². The van der Waals surface area contributed by atoms with Crippen LogP contribution in [0.5, 0.6) is 0 Å². The summed E-state index contributed by atoms with van der Waals surface area (Å²) >= 11 is 0. The number of aryl methyl sites for hydroxylation is 1. The van der Waals surface area contributed by atoms with E-state index in [2.05, 4.69) is 16.6 Å². The highest BCUT2D eigenvalue weighted by molar-refractivity contribution is 7.89. The molecule has 6 nitrogen and oxygen atoms in total. The third-order valence-corrected chi connectivity index (χ3v) is 5.54. The second kappa shape index (κ2) is 9.24. The van der Waals surface area contributed by atoms with Crippen LogP contribution in [-0.4, -0.2) is 26.2 Å². The lowest BCUT2D eigenvalue weighted by molar-refractivity contribution is 0.0498. The number of carbonyl (C=O) groups is 1. The molecule has 29 heavy (non-hydrogen) atoms. The maximum atomic E-state index is 12.9. The molecule has 7 heteroatoms. The predicted octanol–water partition coefficient (Wildman–Crippen LogP) is 4.09. The zero-order valence-electron chi connectivity index (χ0n) is 17.2. The van der Waals surface area contributed by atoms with E-state index >= 15 is 0 Å². The Labute approximate surface area is 173 Å². The highest BCUT2D eigenvalue weighted by atomic mass is 32.2. The molecule has 0 aliphatic rings. The summed E-state index contributed by atoms with van der Waals surface area (Å²) in [5, 5.41) is 2.76. The van der Waals surface area contributed by atoms with E-state index in [-0.39, 0.29) is 4.90 Å². The zero-order chi connectivity index (χ0) is 21.7. The van der Waals surface area contributed by atoms with Crippen LogP contribution >= 0.6 is 0 Å². The van der Waals surface area contributed by atoms with Gasteiger partial charge in [-0.15, -0.1) is 6.58 Å². The highest BCUT2D eigenvalue weighted by Gasteiger charge is 2.29. The lowest BCUT2D eigenvalue weighted by atomic mass is 10.00. The molecule has 0 bridgehead atoms. The molecular formula is C22H28N2O4S. The van der Waals surface area contributed by atoms with Crippen molar-refractivity contribution in [3.05, 3.63) is 78.4 Å².